The lowest BCUT2D eigenvalue weighted by atomic mass is 10.1. The van der Waals surface area contributed by atoms with Gasteiger partial charge in [0.2, 0.25) is 6.10 Å². The number of fused-ring (bicyclic) bond motifs is 1. The lowest BCUT2D eigenvalue weighted by Crippen LogP contribution is -2.44. The highest BCUT2D eigenvalue weighted by molar-refractivity contribution is 5.85. The molecule has 0 unspecified atom stereocenters. The van der Waals surface area contributed by atoms with Gasteiger partial charge in [-0.25, -0.2) is 4.79 Å². The predicted molar refractivity (Wildman–Crippen MR) is 103 cm³/mol. The molecule has 0 N–H and O–H groups in total. The van der Waals surface area contributed by atoms with Gasteiger partial charge < -0.3 is 18.8 Å². The van der Waals surface area contributed by atoms with Crippen LogP contribution < -0.4 is 5.76 Å². The van der Waals surface area contributed by atoms with E-state index in [1.165, 1.54) is 4.57 Å². The van der Waals surface area contributed by atoms with E-state index in [0.29, 0.717) is 43.0 Å². The first-order valence-corrected chi connectivity index (χ1v) is 9.33. The number of rotatable bonds is 5. The third-order valence-electron chi connectivity index (χ3n) is 4.76. The first kappa shape index (κ1) is 18.9. The number of carbonyl (C=O) groups is 2. The highest BCUT2D eigenvalue weighted by Crippen LogP contribution is 2.22. The fourth-order valence-electron chi connectivity index (χ4n) is 3.30. The van der Waals surface area contributed by atoms with Crippen molar-refractivity contribution < 1.29 is 23.5 Å². The molecule has 8 nitrogen and oxygen atoms in total. The van der Waals surface area contributed by atoms with Crippen molar-refractivity contribution in [1.82, 2.24) is 9.47 Å². The monoisotopic (exact) mass is 396 g/mol. The van der Waals surface area contributed by atoms with Gasteiger partial charge >= 0.3 is 11.7 Å². The number of benzene rings is 2. The summed E-state index contributed by atoms with van der Waals surface area (Å²) < 4.78 is 17.2. The average Bonchev–Trinajstić information content (AvgIpc) is 3.08. The van der Waals surface area contributed by atoms with E-state index >= 15 is 0 Å². The van der Waals surface area contributed by atoms with Crippen molar-refractivity contribution in [2.45, 2.75) is 12.6 Å². The standard InChI is InChI=1S/C21H20N2O6/c24-18(14-23-16-8-4-5-9-17(16)28-21(23)26)29-19(15-6-2-1-3-7-15)20(25)22-10-12-27-13-11-22/h1-9,19H,10-14H2/t19-/m0/s1. The summed E-state index contributed by atoms with van der Waals surface area (Å²) in [7, 11) is 0. The van der Waals surface area contributed by atoms with Crippen LogP contribution in [-0.2, 0) is 25.6 Å². The molecule has 0 radical (unpaired) electrons. The molecular weight excluding hydrogens is 376 g/mol. The van der Waals surface area contributed by atoms with Gasteiger partial charge in [0, 0.05) is 18.7 Å². The molecule has 0 spiro atoms. The minimum atomic E-state index is -1.09. The van der Waals surface area contributed by atoms with Gasteiger partial charge in [-0.15, -0.1) is 0 Å². The third-order valence-corrected chi connectivity index (χ3v) is 4.76. The minimum Gasteiger partial charge on any atom is -0.446 e. The van der Waals surface area contributed by atoms with E-state index in [4.69, 9.17) is 13.9 Å². The van der Waals surface area contributed by atoms with E-state index in [1.807, 2.05) is 6.07 Å². The Kier molecular flexibility index (Phi) is 5.44. The van der Waals surface area contributed by atoms with Crippen molar-refractivity contribution in [3.05, 3.63) is 70.7 Å². The molecule has 3 aromatic rings. The van der Waals surface area contributed by atoms with Crippen molar-refractivity contribution in [2.75, 3.05) is 26.3 Å². The van der Waals surface area contributed by atoms with Gasteiger partial charge in [0.15, 0.2) is 5.58 Å². The Morgan fingerprint density at radius 2 is 1.69 bits per heavy atom. The Morgan fingerprint density at radius 1 is 1.00 bits per heavy atom. The van der Waals surface area contributed by atoms with Crippen LogP contribution in [0.1, 0.15) is 11.7 Å². The molecule has 0 bridgehead atoms. The van der Waals surface area contributed by atoms with Crippen molar-refractivity contribution >= 4 is 23.0 Å². The summed E-state index contributed by atoms with van der Waals surface area (Å²) in [6, 6.07) is 15.6. The predicted octanol–water partition coefficient (Wildman–Crippen LogP) is 1.74. The number of morpholine rings is 1. The maximum Gasteiger partial charge on any atom is 0.420 e. The first-order valence-electron chi connectivity index (χ1n) is 9.33. The molecule has 1 fully saturated rings. The second kappa shape index (κ2) is 8.32. The summed E-state index contributed by atoms with van der Waals surface area (Å²) in [5.41, 5.74) is 1.45. The maximum absolute atomic E-state index is 13.0. The van der Waals surface area contributed by atoms with Gasteiger partial charge in [-0.2, -0.15) is 0 Å². The van der Waals surface area contributed by atoms with E-state index in [1.54, 1.807) is 53.4 Å². The number of ether oxygens (including phenoxy) is 2. The molecule has 1 atom stereocenters. The Balaban J connectivity index is 1.56. The molecule has 1 aliphatic heterocycles. The molecule has 1 amide bonds. The number of carbonyl (C=O) groups excluding carboxylic acids is 2. The highest BCUT2D eigenvalue weighted by Gasteiger charge is 2.30. The Labute approximate surface area is 166 Å². The number of para-hydroxylation sites is 2. The second-order valence-electron chi connectivity index (χ2n) is 6.64. The first-order chi connectivity index (χ1) is 14.1. The molecule has 150 valence electrons. The third kappa shape index (κ3) is 4.07. The summed E-state index contributed by atoms with van der Waals surface area (Å²) in [6.07, 6.45) is -1.09. The van der Waals surface area contributed by atoms with Crippen LogP contribution in [-0.4, -0.2) is 47.6 Å². The molecular formula is C21H20N2O6. The molecule has 0 aliphatic carbocycles. The SMILES string of the molecule is O=C(Cn1c(=O)oc2ccccc21)O[C@H](C(=O)N1CCOCC1)c1ccccc1. The topological polar surface area (TPSA) is 91.0 Å². The smallest absolute Gasteiger partial charge is 0.420 e. The molecule has 2 heterocycles. The zero-order valence-corrected chi connectivity index (χ0v) is 15.7. The normalized spacial score (nSPS) is 15.2. The average molecular weight is 396 g/mol. The number of aromatic nitrogens is 1. The van der Waals surface area contributed by atoms with Crippen molar-refractivity contribution in [2.24, 2.45) is 0 Å². The molecule has 29 heavy (non-hydrogen) atoms. The molecule has 1 aromatic heterocycles. The number of hydrogen-bond donors (Lipinski definition) is 0. The lowest BCUT2D eigenvalue weighted by molar-refractivity contribution is -0.163. The van der Waals surface area contributed by atoms with Gasteiger partial charge in [0.25, 0.3) is 5.91 Å². The van der Waals surface area contributed by atoms with Gasteiger partial charge in [0.05, 0.1) is 18.7 Å². The molecule has 1 saturated heterocycles. The zero-order valence-electron chi connectivity index (χ0n) is 15.7. The van der Waals surface area contributed by atoms with E-state index in [-0.39, 0.29) is 12.5 Å². The van der Waals surface area contributed by atoms with Gasteiger partial charge in [-0.3, -0.25) is 14.2 Å². The van der Waals surface area contributed by atoms with Gasteiger partial charge in [0.1, 0.15) is 6.54 Å². The van der Waals surface area contributed by atoms with Crippen LogP contribution in [0.2, 0.25) is 0 Å². The van der Waals surface area contributed by atoms with Gasteiger partial charge in [-0.05, 0) is 12.1 Å². The maximum atomic E-state index is 13.0. The van der Waals surface area contributed by atoms with Crippen LogP contribution in [0, 0.1) is 0 Å². The minimum absolute atomic E-state index is 0.308. The summed E-state index contributed by atoms with van der Waals surface area (Å²) in [5.74, 6) is -1.66. The largest absolute Gasteiger partial charge is 0.446 e. The second-order valence-corrected chi connectivity index (χ2v) is 6.64. The van der Waals surface area contributed by atoms with Crippen LogP contribution in [0.15, 0.2) is 63.8 Å². The van der Waals surface area contributed by atoms with Gasteiger partial charge in [-0.1, -0.05) is 42.5 Å². The van der Waals surface area contributed by atoms with Crippen LogP contribution >= 0.6 is 0 Å². The Morgan fingerprint density at radius 3 is 2.45 bits per heavy atom. The molecule has 4 rings (SSSR count). The summed E-state index contributed by atoms with van der Waals surface area (Å²) in [4.78, 5) is 39.4. The Bertz CT molecular complexity index is 1070. The Hall–Kier alpha value is -3.39. The summed E-state index contributed by atoms with van der Waals surface area (Å²) >= 11 is 0. The van der Waals surface area contributed by atoms with E-state index in [2.05, 4.69) is 0 Å². The number of oxazole rings is 1. The number of amides is 1. The van der Waals surface area contributed by atoms with Crippen LogP contribution in [0.25, 0.3) is 11.1 Å². The fourth-order valence-corrected chi connectivity index (χ4v) is 3.30. The molecule has 0 saturated carbocycles. The zero-order chi connectivity index (χ0) is 20.2. The molecule has 2 aromatic carbocycles. The lowest BCUT2D eigenvalue weighted by Gasteiger charge is -2.30. The summed E-state index contributed by atoms with van der Waals surface area (Å²) in [5, 5.41) is 0. The van der Waals surface area contributed by atoms with Crippen LogP contribution in [0.5, 0.6) is 0 Å². The fraction of sp³-hybridized carbons (Fsp3) is 0.286. The number of esters is 1. The molecule has 1 aliphatic rings. The van der Waals surface area contributed by atoms with Crippen molar-refractivity contribution in [3.63, 3.8) is 0 Å². The summed E-state index contributed by atoms with van der Waals surface area (Å²) in [6.45, 7) is 1.40. The molecule has 8 heteroatoms. The number of nitrogens with zero attached hydrogens (tertiary/aromatic N) is 2. The number of hydrogen-bond acceptors (Lipinski definition) is 6. The quantitative estimate of drug-likeness (QED) is 0.610. The highest BCUT2D eigenvalue weighted by atomic mass is 16.5. The van der Waals surface area contributed by atoms with Crippen LogP contribution in [0.4, 0.5) is 0 Å². The van der Waals surface area contributed by atoms with Crippen LogP contribution in [0.3, 0.4) is 0 Å². The van der Waals surface area contributed by atoms with E-state index < -0.39 is 17.8 Å². The van der Waals surface area contributed by atoms with Crippen molar-refractivity contribution in [3.8, 4) is 0 Å². The van der Waals surface area contributed by atoms with Crippen molar-refractivity contribution in [1.29, 1.82) is 0 Å². The van der Waals surface area contributed by atoms with E-state index in [0.717, 1.165) is 0 Å². The van der Waals surface area contributed by atoms with E-state index in [9.17, 15) is 14.4 Å².